The summed E-state index contributed by atoms with van der Waals surface area (Å²) in [6.07, 6.45) is 2.41. The van der Waals surface area contributed by atoms with Gasteiger partial charge >= 0.3 is 0 Å². The van der Waals surface area contributed by atoms with E-state index in [-0.39, 0.29) is 12.3 Å². The highest BCUT2D eigenvalue weighted by molar-refractivity contribution is 6.34. The topological polar surface area (TPSA) is 53.4 Å². The number of amides is 1. The van der Waals surface area contributed by atoms with Gasteiger partial charge in [0.15, 0.2) is 0 Å². The van der Waals surface area contributed by atoms with Gasteiger partial charge in [0.2, 0.25) is 5.91 Å². The Morgan fingerprint density at radius 3 is 2.59 bits per heavy atom. The summed E-state index contributed by atoms with van der Waals surface area (Å²) in [7, 11) is 1.69. The van der Waals surface area contributed by atoms with Crippen LogP contribution in [0.25, 0.3) is 0 Å². The zero-order valence-corrected chi connectivity index (χ0v) is 13.6. The van der Waals surface area contributed by atoms with Gasteiger partial charge in [-0.1, -0.05) is 29.3 Å². The van der Waals surface area contributed by atoms with Crippen LogP contribution in [0.4, 0.5) is 0 Å². The maximum atomic E-state index is 12.2. The van der Waals surface area contributed by atoms with Gasteiger partial charge < -0.3 is 10.0 Å². The Morgan fingerprint density at radius 1 is 1.32 bits per heavy atom. The molecule has 0 aliphatic heterocycles. The van der Waals surface area contributed by atoms with E-state index in [0.29, 0.717) is 22.2 Å². The van der Waals surface area contributed by atoms with Crippen molar-refractivity contribution in [3.63, 3.8) is 0 Å². The average Bonchev–Trinajstić information content (AvgIpc) is 2.47. The van der Waals surface area contributed by atoms with Crippen molar-refractivity contribution < 1.29 is 9.90 Å². The summed E-state index contributed by atoms with van der Waals surface area (Å²) in [6, 6.07) is 8.50. The molecule has 0 spiro atoms. The van der Waals surface area contributed by atoms with Crippen molar-refractivity contribution in [1.82, 2.24) is 9.88 Å². The van der Waals surface area contributed by atoms with E-state index in [1.165, 1.54) is 0 Å². The monoisotopic (exact) mass is 338 g/mol. The van der Waals surface area contributed by atoms with Crippen LogP contribution in [0.1, 0.15) is 23.7 Å². The van der Waals surface area contributed by atoms with E-state index in [2.05, 4.69) is 4.98 Å². The van der Waals surface area contributed by atoms with Crippen LogP contribution in [0.2, 0.25) is 10.0 Å². The fraction of sp³-hybridized carbons (Fsp3) is 0.250. The molecule has 0 saturated carbocycles. The molecule has 0 bridgehead atoms. The fourth-order valence-corrected chi connectivity index (χ4v) is 2.60. The fourth-order valence-electron chi connectivity index (χ4n) is 2.06. The molecular formula is C16H16Cl2N2O2. The number of hydrogen-bond acceptors (Lipinski definition) is 3. The number of hydrogen-bond donors (Lipinski definition) is 1. The first-order valence-electron chi connectivity index (χ1n) is 6.72. The van der Waals surface area contributed by atoms with Crippen LogP contribution in [0.3, 0.4) is 0 Å². The Balaban J connectivity index is 1.98. The second kappa shape index (κ2) is 7.58. The molecule has 0 aliphatic rings. The first kappa shape index (κ1) is 16.7. The summed E-state index contributed by atoms with van der Waals surface area (Å²) in [5, 5.41) is 11.0. The molecule has 0 aliphatic carbocycles. The summed E-state index contributed by atoms with van der Waals surface area (Å²) in [5.74, 6) is -0.174. The van der Waals surface area contributed by atoms with Crippen molar-refractivity contribution in [1.29, 1.82) is 0 Å². The van der Waals surface area contributed by atoms with Crippen LogP contribution in [-0.2, 0) is 11.3 Å². The Labute approximate surface area is 139 Å². The zero-order valence-electron chi connectivity index (χ0n) is 12.0. The van der Waals surface area contributed by atoms with Crippen molar-refractivity contribution in [3.05, 3.63) is 63.9 Å². The molecule has 0 radical (unpaired) electrons. The average molecular weight is 339 g/mol. The minimum Gasteiger partial charge on any atom is -0.388 e. The maximum Gasteiger partial charge on any atom is 0.225 e. The van der Waals surface area contributed by atoms with Gasteiger partial charge in [-0.25, -0.2) is 0 Å². The third-order valence-electron chi connectivity index (χ3n) is 3.21. The smallest absolute Gasteiger partial charge is 0.225 e. The molecule has 4 nitrogen and oxygen atoms in total. The number of rotatable bonds is 5. The summed E-state index contributed by atoms with van der Waals surface area (Å²) in [5.41, 5.74) is 1.46. The standard InChI is InChI=1S/C16H16Cl2N2O2/c1-20(10-11-3-2-4-19-9-11)16(22)8-15(21)12-5-13(17)7-14(18)6-12/h2-7,9,15,21H,8,10H2,1H3. The molecule has 2 rings (SSSR count). The largest absolute Gasteiger partial charge is 0.388 e. The maximum absolute atomic E-state index is 12.2. The van der Waals surface area contributed by atoms with Gasteiger partial charge in [0.1, 0.15) is 0 Å². The predicted molar refractivity (Wildman–Crippen MR) is 86.7 cm³/mol. The predicted octanol–water partition coefficient (Wildman–Crippen LogP) is 3.47. The number of carbonyl (C=O) groups is 1. The summed E-state index contributed by atoms with van der Waals surface area (Å²) < 4.78 is 0. The second-order valence-electron chi connectivity index (χ2n) is 5.03. The SMILES string of the molecule is CN(Cc1cccnc1)C(=O)CC(O)c1cc(Cl)cc(Cl)c1. The van der Waals surface area contributed by atoms with Gasteiger partial charge in [-0.05, 0) is 35.4 Å². The molecule has 1 aromatic carbocycles. The number of pyridine rings is 1. The van der Waals surface area contributed by atoms with Crippen molar-refractivity contribution >= 4 is 29.1 Å². The van der Waals surface area contributed by atoms with E-state index in [4.69, 9.17) is 23.2 Å². The van der Waals surface area contributed by atoms with Crippen LogP contribution < -0.4 is 0 Å². The summed E-state index contributed by atoms with van der Waals surface area (Å²) >= 11 is 11.8. The highest BCUT2D eigenvalue weighted by Gasteiger charge is 2.17. The minimum atomic E-state index is -0.944. The Kier molecular flexibility index (Phi) is 5.77. The van der Waals surface area contributed by atoms with Crippen LogP contribution in [0, 0.1) is 0 Å². The third kappa shape index (κ3) is 4.70. The first-order valence-corrected chi connectivity index (χ1v) is 7.48. The number of benzene rings is 1. The normalized spacial score (nSPS) is 12.0. The van der Waals surface area contributed by atoms with E-state index >= 15 is 0 Å². The molecule has 1 aromatic heterocycles. The molecule has 0 saturated heterocycles. The van der Waals surface area contributed by atoms with Crippen molar-refractivity contribution in [2.45, 2.75) is 19.1 Å². The van der Waals surface area contributed by atoms with Crippen LogP contribution >= 0.6 is 23.2 Å². The third-order valence-corrected chi connectivity index (χ3v) is 3.64. The van der Waals surface area contributed by atoms with Crippen molar-refractivity contribution in [2.75, 3.05) is 7.05 Å². The van der Waals surface area contributed by atoms with E-state index in [0.717, 1.165) is 5.56 Å². The van der Waals surface area contributed by atoms with Crippen molar-refractivity contribution in [2.24, 2.45) is 0 Å². The van der Waals surface area contributed by atoms with E-state index < -0.39 is 6.10 Å². The van der Waals surface area contributed by atoms with Crippen molar-refractivity contribution in [3.8, 4) is 0 Å². The molecule has 1 amide bonds. The van der Waals surface area contributed by atoms with Gasteiger partial charge in [0.05, 0.1) is 12.5 Å². The molecular weight excluding hydrogens is 323 g/mol. The molecule has 6 heteroatoms. The Hall–Kier alpha value is -1.62. The van der Waals surface area contributed by atoms with E-state index in [1.807, 2.05) is 12.1 Å². The number of aliphatic hydroxyl groups excluding tert-OH is 1. The van der Waals surface area contributed by atoms with Gasteiger partial charge in [-0.3, -0.25) is 9.78 Å². The van der Waals surface area contributed by atoms with Crippen LogP contribution in [-0.4, -0.2) is 27.9 Å². The molecule has 1 unspecified atom stereocenters. The molecule has 2 aromatic rings. The number of carbonyl (C=O) groups excluding carboxylic acids is 1. The van der Waals surface area contributed by atoms with Gasteiger partial charge in [-0.2, -0.15) is 0 Å². The lowest BCUT2D eigenvalue weighted by Gasteiger charge is -2.19. The van der Waals surface area contributed by atoms with E-state index in [1.54, 1.807) is 42.5 Å². The molecule has 0 fully saturated rings. The second-order valence-corrected chi connectivity index (χ2v) is 5.91. The minimum absolute atomic E-state index is 0.0343. The van der Waals surface area contributed by atoms with Gasteiger partial charge in [-0.15, -0.1) is 0 Å². The lowest BCUT2D eigenvalue weighted by molar-refractivity contribution is -0.132. The Bertz CT molecular complexity index is 630. The lowest BCUT2D eigenvalue weighted by Crippen LogP contribution is -2.27. The van der Waals surface area contributed by atoms with Gasteiger partial charge in [0.25, 0.3) is 0 Å². The number of halogens is 2. The van der Waals surface area contributed by atoms with Crippen LogP contribution in [0.15, 0.2) is 42.7 Å². The molecule has 1 N–H and O–H groups in total. The van der Waals surface area contributed by atoms with Gasteiger partial charge in [0, 0.05) is 36.0 Å². The lowest BCUT2D eigenvalue weighted by atomic mass is 10.1. The number of nitrogens with zero attached hydrogens (tertiary/aromatic N) is 2. The molecule has 1 heterocycles. The number of aromatic nitrogens is 1. The number of aliphatic hydroxyl groups is 1. The molecule has 116 valence electrons. The summed E-state index contributed by atoms with van der Waals surface area (Å²) in [6.45, 7) is 0.440. The molecule has 22 heavy (non-hydrogen) atoms. The highest BCUT2D eigenvalue weighted by atomic mass is 35.5. The van der Waals surface area contributed by atoms with Crippen LogP contribution in [0.5, 0.6) is 0 Å². The molecule has 1 atom stereocenters. The quantitative estimate of drug-likeness (QED) is 0.908. The highest BCUT2D eigenvalue weighted by Crippen LogP contribution is 2.25. The van der Waals surface area contributed by atoms with E-state index in [9.17, 15) is 9.90 Å². The summed E-state index contributed by atoms with van der Waals surface area (Å²) in [4.78, 5) is 17.7. The first-order chi connectivity index (χ1) is 10.5. The Morgan fingerprint density at radius 2 is 2.00 bits per heavy atom. The zero-order chi connectivity index (χ0) is 16.1.